The maximum Gasteiger partial charge on any atom is 0.315 e. The van der Waals surface area contributed by atoms with Crippen molar-refractivity contribution in [3.05, 3.63) is 22.4 Å². The van der Waals surface area contributed by atoms with Gasteiger partial charge in [-0.2, -0.15) is 0 Å². The molecule has 1 aromatic rings. The Morgan fingerprint density at radius 3 is 3.09 bits per heavy atom. The number of rotatable bonds is 1. The number of thiophene rings is 1. The van der Waals surface area contributed by atoms with Crippen molar-refractivity contribution in [2.45, 2.75) is 6.42 Å². The third-order valence-electron chi connectivity index (χ3n) is 0.972. The van der Waals surface area contributed by atoms with Crippen LogP contribution in [-0.2, 0) is 4.79 Å². The van der Waals surface area contributed by atoms with Gasteiger partial charge in [-0.1, -0.05) is 17.9 Å². The van der Waals surface area contributed by atoms with Gasteiger partial charge >= 0.3 is 5.97 Å². The van der Waals surface area contributed by atoms with Gasteiger partial charge in [-0.15, -0.1) is 11.3 Å². The van der Waals surface area contributed by atoms with E-state index in [4.69, 9.17) is 5.11 Å². The van der Waals surface area contributed by atoms with Gasteiger partial charge in [0, 0.05) is 0 Å². The van der Waals surface area contributed by atoms with E-state index >= 15 is 0 Å². The zero-order chi connectivity index (χ0) is 8.10. The smallest absolute Gasteiger partial charge is 0.315 e. The summed E-state index contributed by atoms with van der Waals surface area (Å²) in [6.45, 7) is 0. The molecule has 0 fully saturated rings. The van der Waals surface area contributed by atoms with Crippen molar-refractivity contribution in [1.82, 2.24) is 0 Å². The van der Waals surface area contributed by atoms with Crippen LogP contribution in [0.1, 0.15) is 11.3 Å². The number of carbonyl (C=O) groups is 1. The number of hydrogen-bond donors (Lipinski definition) is 1. The Hall–Kier alpha value is -1.27. The third kappa shape index (κ3) is 2.87. The van der Waals surface area contributed by atoms with Crippen LogP contribution >= 0.6 is 11.3 Å². The van der Waals surface area contributed by atoms with Crippen molar-refractivity contribution in [1.29, 1.82) is 0 Å². The molecule has 0 atom stereocenters. The average molecular weight is 166 g/mol. The molecular weight excluding hydrogens is 160 g/mol. The molecule has 3 heteroatoms. The maximum atomic E-state index is 10.0. The summed E-state index contributed by atoms with van der Waals surface area (Å²) in [5, 5.41) is 10.2. The van der Waals surface area contributed by atoms with Gasteiger partial charge in [-0.05, 0) is 11.4 Å². The summed E-state index contributed by atoms with van der Waals surface area (Å²) in [6.07, 6.45) is -0.0854. The summed E-state index contributed by atoms with van der Waals surface area (Å²) in [5.74, 6) is 4.41. The van der Waals surface area contributed by atoms with Crippen molar-refractivity contribution in [3.63, 3.8) is 0 Å². The Morgan fingerprint density at radius 2 is 2.55 bits per heavy atom. The summed E-state index contributed by atoms with van der Waals surface area (Å²) >= 11 is 1.51. The van der Waals surface area contributed by atoms with Gasteiger partial charge in [0.1, 0.15) is 6.42 Å². The number of carboxylic acid groups (broad SMARTS) is 1. The number of hydrogen-bond acceptors (Lipinski definition) is 2. The van der Waals surface area contributed by atoms with Crippen LogP contribution in [-0.4, -0.2) is 11.1 Å². The first-order chi connectivity index (χ1) is 5.29. The Balaban J connectivity index is 2.52. The van der Waals surface area contributed by atoms with Crippen LogP contribution in [0, 0.1) is 11.8 Å². The molecule has 56 valence electrons. The summed E-state index contributed by atoms with van der Waals surface area (Å²) in [5.41, 5.74) is 0. The molecule has 11 heavy (non-hydrogen) atoms. The molecule has 0 radical (unpaired) electrons. The Kier molecular flexibility index (Phi) is 2.70. The van der Waals surface area contributed by atoms with Crippen LogP contribution in [0.15, 0.2) is 17.5 Å². The fourth-order valence-corrected chi connectivity index (χ4v) is 1.15. The predicted octanol–water partition coefficient (Wildman–Crippen LogP) is 1.57. The Labute approximate surface area is 68.5 Å². The van der Waals surface area contributed by atoms with Gasteiger partial charge in [-0.25, -0.2) is 0 Å². The lowest BCUT2D eigenvalue weighted by molar-refractivity contribution is -0.135. The molecule has 1 rings (SSSR count). The van der Waals surface area contributed by atoms with E-state index in [1.165, 1.54) is 11.3 Å². The van der Waals surface area contributed by atoms with Crippen LogP contribution in [0.3, 0.4) is 0 Å². The molecule has 0 aliphatic heterocycles. The molecule has 0 aliphatic rings. The summed E-state index contributed by atoms with van der Waals surface area (Å²) < 4.78 is 0. The minimum absolute atomic E-state index is 0.0854. The van der Waals surface area contributed by atoms with Crippen LogP contribution in [0.4, 0.5) is 0 Å². The van der Waals surface area contributed by atoms with E-state index in [0.717, 1.165) is 4.88 Å². The van der Waals surface area contributed by atoms with Gasteiger partial charge in [0.25, 0.3) is 0 Å². The van der Waals surface area contributed by atoms with Gasteiger partial charge in [0.2, 0.25) is 0 Å². The van der Waals surface area contributed by atoms with Crippen molar-refractivity contribution < 1.29 is 9.90 Å². The Morgan fingerprint density at radius 1 is 1.73 bits per heavy atom. The van der Waals surface area contributed by atoms with E-state index in [0.29, 0.717) is 0 Å². The van der Waals surface area contributed by atoms with Crippen molar-refractivity contribution in [2.75, 3.05) is 0 Å². The third-order valence-corrected chi connectivity index (χ3v) is 1.76. The second kappa shape index (κ2) is 3.79. The molecule has 0 spiro atoms. The summed E-state index contributed by atoms with van der Waals surface area (Å²) in [6, 6.07) is 3.75. The van der Waals surface area contributed by atoms with Crippen molar-refractivity contribution in [2.24, 2.45) is 0 Å². The Bertz CT molecular complexity index is 290. The predicted molar refractivity (Wildman–Crippen MR) is 43.4 cm³/mol. The summed E-state index contributed by atoms with van der Waals surface area (Å²) in [7, 11) is 0. The highest BCUT2D eigenvalue weighted by Crippen LogP contribution is 2.05. The number of aliphatic carboxylic acids is 1. The van der Waals surface area contributed by atoms with E-state index in [9.17, 15) is 4.79 Å². The lowest BCUT2D eigenvalue weighted by Gasteiger charge is -1.77. The lowest BCUT2D eigenvalue weighted by Crippen LogP contribution is -1.89. The van der Waals surface area contributed by atoms with E-state index in [1.807, 2.05) is 17.5 Å². The quantitative estimate of drug-likeness (QED) is 0.643. The largest absolute Gasteiger partial charge is 0.481 e. The zero-order valence-electron chi connectivity index (χ0n) is 5.70. The lowest BCUT2D eigenvalue weighted by atomic mass is 10.4. The highest BCUT2D eigenvalue weighted by Gasteiger charge is 1.89. The van der Waals surface area contributed by atoms with Gasteiger partial charge in [-0.3, -0.25) is 4.79 Å². The molecular formula is C8H6O2S. The molecule has 0 amide bonds. The average Bonchev–Trinajstić information content (AvgIpc) is 2.39. The minimum atomic E-state index is -0.881. The SMILES string of the molecule is O=C(O)CC#Cc1cccs1. The first-order valence-electron chi connectivity index (χ1n) is 3.03. The molecule has 0 aromatic carbocycles. The molecule has 2 nitrogen and oxygen atoms in total. The molecule has 0 bridgehead atoms. The summed E-state index contributed by atoms with van der Waals surface area (Å²) in [4.78, 5) is 10.9. The molecule has 1 N–H and O–H groups in total. The number of carboxylic acids is 1. The van der Waals surface area contributed by atoms with Crippen LogP contribution < -0.4 is 0 Å². The highest BCUT2D eigenvalue weighted by molar-refractivity contribution is 7.10. The van der Waals surface area contributed by atoms with Crippen molar-refractivity contribution >= 4 is 17.3 Å². The normalized spacial score (nSPS) is 8.36. The van der Waals surface area contributed by atoms with Gasteiger partial charge in [0.15, 0.2) is 0 Å². The van der Waals surface area contributed by atoms with Crippen LogP contribution in [0.5, 0.6) is 0 Å². The highest BCUT2D eigenvalue weighted by atomic mass is 32.1. The molecule has 0 saturated carbocycles. The first-order valence-corrected chi connectivity index (χ1v) is 3.91. The zero-order valence-corrected chi connectivity index (χ0v) is 6.52. The van der Waals surface area contributed by atoms with Crippen molar-refractivity contribution in [3.8, 4) is 11.8 Å². The topological polar surface area (TPSA) is 37.3 Å². The molecule has 0 saturated heterocycles. The second-order valence-corrected chi connectivity index (χ2v) is 2.80. The first kappa shape index (κ1) is 7.83. The maximum absolute atomic E-state index is 10.0. The molecule has 0 unspecified atom stereocenters. The fourth-order valence-electron chi connectivity index (χ4n) is 0.557. The molecule has 1 aromatic heterocycles. The van der Waals surface area contributed by atoms with E-state index in [1.54, 1.807) is 0 Å². The van der Waals surface area contributed by atoms with E-state index in [2.05, 4.69) is 11.8 Å². The van der Waals surface area contributed by atoms with E-state index in [-0.39, 0.29) is 6.42 Å². The van der Waals surface area contributed by atoms with Gasteiger partial charge in [0.05, 0.1) is 4.88 Å². The molecule has 1 heterocycles. The van der Waals surface area contributed by atoms with Crippen LogP contribution in [0.2, 0.25) is 0 Å². The van der Waals surface area contributed by atoms with Crippen LogP contribution in [0.25, 0.3) is 0 Å². The standard InChI is InChI=1S/C8H6O2S/c9-8(10)5-1-3-7-4-2-6-11-7/h2,4,6H,5H2,(H,9,10). The second-order valence-electron chi connectivity index (χ2n) is 1.85. The van der Waals surface area contributed by atoms with E-state index < -0.39 is 5.97 Å². The fraction of sp³-hybridized carbons (Fsp3) is 0.125. The molecule has 0 aliphatic carbocycles. The monoisotopic (exact) mass is 166 g/mol. The van der Waals surface area contributed by atoms with Gasteiger partial charge < -0.3 is 5.11 Å². The minimum Gasteiger partial charge on any atom is -0.481 e.